The summed E-state index contributed by atoms with van der Waals surface area (Å²) in [6.07, 6.45) is 2.41. The largest absolute Gasteiger partial charge is 0.294 e. The van der Waals surface area contributed by atoms with Crippen LogP contribution in [0.3, 0.4) is 0 Å². The summed E-state index contributed by atoms with van der Waals surface area (Å²) in [7, 11) is 0. The van der Waals surface area contributed by atoms with Crippen LogP contribution in [0.4, 0.5) is 0 Å². The van der Waals surface area contributed by atoms with Gasteiger partial charge in [0.1, 0.15) is 0 Å². The smallest absolute Gasteiger partial charge is 0.163 e. The van der Waals surface area contributed by atoms with Crippen molar-refractivity contribution in [2.75, 3.05) is 0 Å². The third kappa shape index (κ3) is 2.67. The van der Waals surface area contributed by atoms with E-state index < -0.39 is 0 Å². The van der Waals surface area contributed by atoms with E-state index in [1.54, 1.807) is 0 Å². The molecule has 4 rings (SSSR count). The van der Waals surface area contributed by atoms with E-state index in [0.717, 1.165) is 40.7 Å². The van der Waals surface area contributed by atoms with Gasteiger partial charge in [0.2, 0.25) is 0 Å². The lowest BCUT2D eigenvalue weighted by atomic mass is 10.0. The molecule has 1 aliphatic carbocycles. The van der Waals surface area contributed by atoms with Gasteiger partial charge >= 0.3 is 0 Å². The van der Waals surface area contributed by atoms with Crippen molar-refractivity contribution in [2.24, 2.45) is 0 Å². The number of Topliss-reactive ketones (excluding diaryl/α,β-unsaturated/α-hetero) is 1. The van der Waals surface area contributed by atoms with E-state index in [4.69, 9.17) is 5.10 Å². The molecule has 0 unspecified atom stereocenters. The van der Waals surface area contributed by atoms with Crippen molar-refractivity contribution in [1.82, 2.24) is 9.78 Å². The Hall–Kier alpha value is -2.42. The fraction of sp³-hybridized carbons (Fsp3) is 0.300. The zero-order valence-corrected chi connectivity index (χ0v) is 14.0. The van der Waals surface area contributed by atoms with Crippen molar-refractivity contribution in [1.29, 1.82) is 0 Å². The Morgan fingerprint density at radius 1 is 1.00 bits per heavy atom. The fourth-order valence-electron chi connectivity index (χ4n) is 3.11. The number of nitrogens with zero attached hydrogens (tertiary/aromatic N) is 2. The Balaban J connectivity index is 0.000000753. The summed E-state index contributed by atoms with van der Waals surface area (Å²) in [6.45, 7) is 6.08. The van der Waals surface area contributed by atoms with Gasteiger partial charge in [0, 0.05) is 17.4 Å². The minimum atomic E-state index is 0.239. The number of rotatable bonds is 1. The maximum atomic E-state index is 12.2. The Morgan fingerprint density at radius 3 is 2.48 bits per heavy atom. The molecule has 0 aliphatic heterocycles. The molecule has 0 fully saturated rings. The molecule has 0 radical (unpaired) electrons. The molecule has 0 spiro atoms. The maximum Gasteiger partial charge on any atom is 0.163 e. The number of aromatic nitrogens is 2. The molecule has 0 saturated heterocycles. The molecular formula is C20H22N2O. The fourth-order valence-corrected chi connectivity index (χ4v) is 3.11. The predicted octanol–water partition coefficient (Wildman–Crippen LogP) is 4.88. The van der Waals surface area contributed by atoms with Crippen LogP contribution < -0.4 is 0 Å². The highest BCUT2D eigenvalue weighted by atomic mass is 16.1. The van der Waals surface area contributed by atoms with Crippen molar-refractivity contribution in [3.05, 3.63) is 59.3 Å². The normalized spacial score (nSPS) is 13.4. The van der Waals surface area contributed by atoms with Crippen LogP contribution in [0.5, 0.6) is 0 Å². The topological polar surface area (TPSA) is 34.9 Å². The molecule has 1 aliphatic rings. The number of hydrogen-bond acceptors (Lipinski definition) is 2. The minimum absolute atomic E-state index is 0.239. The van der Waals surface area contributed by atoms with Crippen LogP contribution >= 0.6 is 0 Å². The van der Waals surface area contributed by atoms with Crippen molar-refractivity contribution in [2.45, 2.75) is 40.0 Å². The number of benzene rings is 2. The molecule has 3 heteroatoms. The maximum absolute atomic E-state index is 12.2. The summed E-state index contributed by atoms with van der Waals surface area (Å²) >= 11 is 0. The minimum Gasteiger partial charge on any atom is -0.294 e. The molecule has 0 atom stereocenters. The highest BCUT2D eigenvalue weighted by Crippen LogP contribution is 2.30. The first kappa shape index (κ1) is 15.5. The van der Waals surface area contributed by atoms with Gasteiger partial charge in [0.05, 0.1) is 16.9 Å². The van der Waals surface area contributed by atoms with E-state index in [-0.39, 0.29) is 5.78 Å². The third-order valence-corrected chi connectivity index (χ3v) is 4.19. The van der Waals surface area contributed by atoms with Gasteiger partial charge in [-0.2, -0.15) is 5.10 Å². The molecule has 23 heavy (non-hydrogen) atoms. The summed E-state index contributed by atoms with van der Waals surface area (Å²) in [6, 6.07) is 14.2. The lowest BCUT2D eigenvalue weighted by Crippen LogP contribution is -2.02. The first-order valence-electron chi connectivity index (χ1n) is 8.35. The molecule has 2 aromatic carbocycles. The lowest BCUT2D eigenvalue weighted by molar-refractivity contribution is 0.0983. The van der Waals surface area contributed by atoms with Gasteiger partial charge < -0.3 is 0 Å². The number of ketones is 1. The van der Waals surface area contributed by atoms with E-state index in [1.807, 2.05) is 36.7 Å². The highest BCUT2D eigenvalue weighted by molar-refractivity contribution is 6.09. The van der Waals surface area contributed by atoms with Crippen LogP contribution in [-0.2, 0) is 6.42 Å². The summed E-state index contributed by atoms with van der Waals surface area (Å²) in [5.74, 6) is 0.239. The average Bonchev–Trinajstić information content (AvgIpc) is 2.87. The molecule has 3 aromatic rings. The van der Waals surface area contributed by atoms with Crippen molar-refractivity contribution >= 4 is 16.7 Å². The highest BCUT2D eigenvalue weighted by Gasteiger charge is 2.22. The molecule has 0 saturated carbocycles. The first-order chi connectivity index (χ1) is 11.2. The average molecular weight is 306 g/mol. The quantitative estimate of drug-likeness (QED) is 0.642. The number of carbonyl (C=O) groups excluding carboxylic acids is 1. The molecule has 1 aromatic heterocycles. The summed E-state index contributed by atoms with van der Waals surface area (Å²) < 4.78 is 2.01. The second kappa shape index (κ2) is 6.37. The summed E-state index contributed by atoms with van der Waals surface area (Å²) in [5.41, 5.74) is 5.20. The molecule has 3 nitrogen and oxygen atoms in total. The van der Waals surface area contributed by atoms with Gasteiger partial charge in [0.15, 0.2) is 5.78 Å². The van der Waals surface area contributed by atoms with Crippen LogP contribution in [0, 0.1) is 6.92 Å². The molecule has 0 amide bonds. The first-order valence-corrected chi connectivity index (χ1v) is 8.35. The van der Waals surface area contributed by atoms with E-state index in [2.05, 4.69) is 31.2 Å². The van der Waals surface area contributed by atoms with Crippen LogP contribution in [0.15, 0.2) is 42.5 Å². The number of hydrogen-bond donors (Lipinski definition) is 0. The van der Waals surface area contributed by atoms with E-state index in [0.29, 0.717) is 6.42 Å². The van der Waals surface area contributed by atoms with Crippen LogP contribution in [-0.4, -0.2) is 15.6 Å². The van der Waals surface area contributed by atoms with E-state index in [1.165, 1.54) is 5.56 Å². The zero-order chi connectivity index (χ0) is 16.4. The van der Waals surface area contributed by atoms with E-state index >= 15 is 0 Å². The third-order valence-electron chi connectivity index (χ3n) is 4.19. The van der Waals surface area contributed by atoms with Crippen molar-refractivity contribution in [3.8, 4) is 5.69 Å². The van der Waals surface area contributed by atoms with Gasteiger partial charge in [-0.15, -0.1) is 0 Å². The SMILES string of the molecule is CC.Cc1ccc(-n2nc3cccc4c3c2CCCC4=O)cc1. The van der Waals surface area contributed by atoms with Gasteiger partial charge in [-0.3, -0.25) is 4.79 Å². The van der Waals surface area contributed by atoms with Crippen LogP contribution in [0.1, 0.15) is 48.3 Å². The number of aryl methyl sites for hydroxylation is 2. The predicted molar refractivity (Wildman–Crippen MR) is 94.4 cm³/mol. The van der Waals surface area contributed by atoms with Crippen LogP contribution in [0.25, 0.3) is 16.6 Å². The van der Waals surface area contributed by atoms with Gasteiger partial charge in [0.25, 0.3) is 0 Å². The molecule has 1 heterocycles. The van der Waals surface area contributed by atoms with Gasteiger partial charge in [-0.1, -0.05) is 43.7 Å². The van der Waals surface area contributed by atoms with Crippen molar-refractivity contribution < 1.29 is 4.79 Å². The second-order valence-corrected chi connectivity index (χ2v) is 5.67. The summed E-state index contributed by atoms with van der Waals surface area (Å²) in [4.78, 5) is 12.2. The molecular weight excluding hydrogens is 284 g/mol. The van der Waals surface area contributed by atoms with Gasteiger partial charge in [-0.25, -0.2) is 4.68 Å². The number of carbonyl (C=O) groups is 1. The Bertz CT molecular complexity index is 844. The van der Waals surface area contributed by atoms with Crippen molar-refractivity contribution in [3.63, 3.8) is 0 Å². The summed E-state index contributed by atoms with van der Waals surface area (Å²) in [5, 5.41) is 5.77. The molecule has 118 valence electrons. The lowest BCUT2D eigenvalue weighted by Gasteiger charge is -2.07. The van der Waals surface area contributed by atoms with Crippen LogP contribution in [0.2, 0.25) is 0 Å². The molecule has 0 bridgehead atoms. The standard InChI is InChI=1S/C18H16N2O.C2H6/c1-12-8-10-13(11-9-12)20-16-6-3-7-17(21)14-4-2-5-15(19-20)18(14)16;1-2/h2,4-5,8-11H,3,6-7H2,1H3;1-2H3. The van der Waals surface area contributed by atoms with E-state index in [9.17, 15) is 4.79 Å². The second-order valence-electron chi connectivity index (χ2n) is 5.67. The molecule has 0 N–H and O–H groups in total. The Labute approximate surface area is 136 Å². The van der Waals surface area contributed by atoms with Gasteiger partial charge in [-0.05, 0) is 38.0 Å². The Kier molecular flexibility index (Phi) is 4.28. The Morgan fingerprint density at radius 2 is 1.74 bits per heavy atom. The zero-order valence-electron chi connectivity index (χ0n) is 14.0. The monoisotopic (exact) mass is 306 g/mol.